The summed E-state index contributed by atoms with van der Waals surface area (Å²) in [5.41, 5.74) is 3.93. The number of benzene rings is 1. The summed E-state index contributed by atoms with van der Waals surface area (Å²) < 4.78 is 6.41. The molecule has 0 atom stereocenters. The Kier molecular flexibility index (Phi) is 4.15. The van der Waals surface area contributed by atoms with Gasteiger partial charge in [-0.1, -0.05) is 11.6 Å². The highest BCUT2D eigenvalue weighted by Gasteiger charge is 2.25. The van der Waals surface area contributed by atoms with E-state index in [0.29, 0.717) is 28.9 Å². The lowest BCUT2D eigenvalue weighted by Gasteiger charge is -2.17. The number of aromatic amines is 1. The second-order valence-corrected chi connectivity index (χ2v) is 8.36. The van der Waals surface area contributed by atoms with Crippen LogP contribution in [0.1, 0.15) is 12.8 Å². The van der Waals surface area contributed by atoms with Crippen molar-refractivity contribution >= 4 is 62.1 Å². The molecular weight excluding hydrogens is 436 g/mol. The molecule has 0 radical (unpaired) electrons. The van der Waals surface area contributed by atoms with E-state index in [2.05, 4.69) is 29.9 Å². The summed E-state index contributed by atoms with van der Waals surface area (Å²) in [5, 5.41) is 12.2. The van der Waals surface area contributed by atoms with Crippen LogP contribution < -0.4 is 10.2 Å². The quantitative estimate of drug-likeness (QED) is 0.424. The van der Waals surface area contributed by atoms with Gasteiger partial charge in [0.2, 0.25) is 11.0 Å². The lowest BCUT2D eigenvalue weighted by atomic mass is 10.2. The molecule has 0 spiro atoms. The molecule has 2 N–H and O–H groups in total. The molecular formula is C20H15ClN8OS. The van der Waals surface area contributed by atoms with E-state index in [9.17, 15) is 4.79 Å². The van der Waals surface area contributed by atoms with Crippen LogP contribution >= 0.6 is 23.1 Å². The van der Waals surface area contributed by atoms with Crippen LogP contribution in [0, 0.1) is 0 Å². The molecule has 1 amide bonds. The Hall–Kier alpha value is -3.50. The predicted molar refractivity (Wildman–Crippen MR) is 120 cm³/mol. The SMILES string of the molecule is O=C1CCCN1c1cc(-c2nsc(Nc3ccc4[nH]ncc4c3Cl)n2)cn2ccnc12. The highest BCUT2D eigenvalue weighted by molar-refractivity contribution is 7.10. The van der Waals surface area contributed by atoms with Gasteiger partial charge < -0.3 is 14.6 Å². The molecule has 5 aromatic rings. The van der Waals surface area contributed by atoms with Crippen LogP contribution in [-0.2, 0) is 4.79 Å². The van der Waals surface area contributed by atoms with Gasteiger partial charge in [0.05, 0.1) is 28.1 Å². The molecule has 11 heteroatoms. The van der Waals surface area contributed by atoms with Crippen LogP contribution in [0.4, 0.5) is 16.5 Å². The van der Waals surface area contributed by atoms with Crippen molar-refractivity contribution in [2.75, 3.05) is 16.8 Å². The van der Waals surface area contributed by atoms with Crippen LogP contribution in [0.15, 0.2) is 43.0 Å². The molecule has 154 valence electrons. The fraction of sp³-hybridized carbons (Fsp3) is 0.150. The zero-order valence-corrected chi connectivity index (χ0v) is 17.6. The molecule has 9 nitrogen and oxygen atoms in total. The average molecular weight is 451 g/mol. The van der Waals surface area contributed by atoms with Gasteiger partial charge in [-0.05, 0) is 24.6 Å². The first-order valence-electron chi connectivity index (χ1n) is 9.67. The maximum atomic E-state index is 12.3. The maximum absolute atomic E-state index is 12.3. The van der Waals surface area contributed by atoms with Gasteiger partial charge >= 0.3 is 0 Å². The summed E-state index contributed by atoms with van der Waals surface area (Å²) in [5.74, 6) is 0.677. The zero-order chi connectivity index (χ0) is 20.9. The molecule has 1 aromatic carbocycles. The van der Waals surface area contributed by atoms with Crippen LogP contribution in [0.25, 0.3) is 27.9 Å². The number of pyridine rings is 1. The summed E-state index contributed by atoms with van der Waals surface area (Å²) in [7, 11) is 0. The molecule has 31 heavy (non-hydrogen) atoms. The number of halogens is 1. The number of imidazole rings is 1. The zero-order valence-electron chi connectivity index (χ0n) is 16.0. The Morgan fingerprint density at radius 1 is 1.29 bits per heavy atom. The molecule has 4 aromatic heterocycles. The predicted octanol–water partition coefficient (Wildman–Crippen LogP) is 4.25. The lowest BCUT2D eigenvalue weighted by molar-refractivity contribution is -0.117. The summed E-state index contributed by atoms with van der Waals surface area (Å²) in [6.07, 6.45) is 8.59. The largest absolute Gasteiger partial charge is 0.329 e. The highest BCUT2D eigenvalue weighted by Crippen LogP contribution is 2.34. The summed E-state index contributed by atoms with van der Waals surface area (Å²) in [6, 6.07) is 5.71. The number of hydrogen-bond donors (Lipinski definition) is 2. The van der Waals surface area contributed by atoms with Crippen molar-refractivity contribution in [3.05, 3.63) is 48.0 Å². The molecule has 1 aliphatic rings. The number of H-pyrrole nitrogens is 1. The van der Waals surface area contributed by atoms with Gasteiger partial charge in [-0.2, -0.15) is 14.5 Å². The Morgan fingerprint density at radius 2 is 2.23 bits per heavy atom. The Balaban J connectivity index is 1.36. The van der Waals surface area contributed by atoms with Crippen molar-refractivity contribution in [2.45, 2.75) is 12.8 Å². The van der Waals surface area contributed by atoms with Crippen LogP contribution in [0.3, 0.4) is 0 Å². The van der Waals surface area contributed by atoms with Crippen molar-refractivity contribution in [3.8, 4) is 11.4 Å². The minimum absolute atomic E-state index is 0.111. The number of amides is 1. The van der Waals surface area contributed by atoms with E-state index in [-0.39, 0.29) is 5.91 Å². The minimum Gasteiger partial charge on any atom is -0.329 e. The first kappa shape index (κ1) is 18.3. The number of aromatic nitrogens is 6. The number of carbonyl (C=O) groups excluding carboxylic acids is 1. The van der Waals surface area contributed by atoms with Gasteiger partial charge in [-0.3, -0.25) is 9.89 Å². The van der Waals surface area contributed by atoms with Crippen molar-refractivity contribution in [1.82, 2.24) is 28.9 Å². The molecule has 1 aliphatic heterocycles. The number of nitrogens with zero attached hydrogens (tertiary/aromatic N) is 6. The normalized spacial score (nSPS) is 14.2. The van der Waals surface area contributed by atoms with Crippen LogP contribution in [0.5, 0.6) is 0 Å². The van der Waals surface area contributed by atoms with Crippen molar-refractivity contribution in [3.63, 3.8) is 0 Å². The lowest BCUT2D eigenvalue weighted by Crippen LogP contribution is -2.24. The van der Waals surface area contributed by atoms with Gasteiger partial charge in [0.15, 0.2) is 11.5 Å². The van der Waals surface area contributed by atoms with Crippen molar-refractivity contribution in [1.29, 1.82) is 0 Å². The Morgan fingerprint density at radius 3 is 3.10 bits per heavy atom. The van der Waals surface area contributed by atoms with E-state index in [4.69, 9.17) is 11.6 Å². The van der Waals surface area contributed by atoms with E-state index in [1.807, 2.05) is 35.0 Å². The van der Waals surface area contributed by atoms with E-state index < -0.39 is 0 Å². The van der Waals surface area contributed by atoms with Crippen LogP contribution in [-0.4, -0.2) is 41.4 Å². The van der Waals surface area contributed by atoms with Gasteiger partial charge in [-0.15, -0.1) is 0 Å². The summed E-state index contributed by atoms with van der Waals surface area (Å²) >= 11 is 7.74. The molecule has 0 unspecified atom stereocenters. The van der Waals surface area contributed by atoms with E-state index in [0.717, 1.165) is 39.9 Å². The van der Waals surface area contributed by atoms with Crippen molar-refractivity contribution < 1.29 is 4.79 Å². The smallest absolute Gasteiger partial charge is 0.227 e. The standard InChI is InChI=1S/C20H15ClN8OS/c21-17-12-9-23-26-13(12)3-4-14(17)24-20-25-18(27-31-20)11-8-15(29-6-1-2-16(29)30)19-22-5-7-28(19)10-11/h3-5,7-10H,1-2,6H2,(H,23,26)(H,24,25,27). The number of hydrogen-bond acceptors (Lipinski definition) is 7. The first-order chi connectivity index (χ1) is 15.2. The third kappa shape index (κ3) is 3.03. The second kappa shape index (κ2) is 7.03. The van der Waals surface area contributed by atoms with Gasteiger partial charge in [0.25, 0.3) is 0 Å². The van der Waals surface area contributed by atoms with Gasteiger partial charge in [0.1, 0.15) is 0 Å². The Bertz CT molecular complexity index is 1450. The number of carbonyl (C=O) groups is 1. The summed E-state index contributed by atoms with van der Waals surface area (Å²) in [6.45, 7) is 0.692. The molecule has 1 saturated heterocycles. The van der Waals surface area contributed by atoms with E-state index in [1.54, 1.807) is 17.3 Å². The van der Waals surface area contributed by atoms with Gasteiger partial charge in [-0.25, -0.2) is 4.98 Å². The fourth-order valence-electron chi connectivity index (χ4n) is 3.82. The first-order valence-corrected chi connectivity index (χ1v) is 10.8. The third-order valence-corrected chi connectivity index (χ3v) is 6.35. The second-order valence-electron chi connectivity index (χ2n) is 7.23. The average Bonchev–Trinajstić information content (AvgIpc) is 3.56. The topological polar surface area (TPSA) is 104 Å². The maximum Gasteiger partial charge on any atom is 0.227 e. The Labute approximate surface area is 184 Å². The number of rotatable bonds is 4. The molecule has 5 heterocycles. The molecule has 0 aliphatic carbocycles. The minimum atomic E-state index is 0.111. The highest BCUT2D eigenvalue weighted by atomic mass is 35.5. The van der Waals surface area contributed by atoms with E-state index in [1.165, 1.54) is 11.5 Å². The molecule has 6 rings (SSSR count). The van der Waals surface area contributed by atoms with Crippen LogP contribution in [0.2, 0.25) is 5.02 Å². The molecule has 0 bridgehead atoms. The number of nitrogens with one attached hydrogen (secondary N) is 2. The third-order valence-electron chi connectivity index (χ3n) is 5.32. The number of anilines is 3. The number of fused-ring (bicyclic) bond motifs is 2. The summed E-state index contributed by atoms with van der Waals surface area (Å²) in [4.78, 5) is 23.2. The monoisotopic (exact) mass is 450 g/mol. The van der Waals surface area contributed by atoms with Gasteiger partial charge in [0, 0.05) is 54.0 Å². The van der Waals surface area contributed by atoms with Crippen molar-refractivity contribution in [2.24, 2.45) is 0 Å². The molecule has 1 fully saturated rings. The van der Waals surface area contributed by atoms with E-state index >= 15 is 0 Å². The molecule has 0 saturated carbocycles. The fourth-order valence-corrected chi connectivity index (χ4v) is 4.69.